The molecule has 2 aromatic carbocycles. The van der Waals surface area contributed by atoms with E-state index in [9.17, 15) is 9.18 Å². The van der Waals surface area contributed by atoms with Crippen LogP contribution in [-0.4, -0.2) is 60.4 Å². The van der Waals surface area contributed by atoms with Gasteiger partial charge in [-0.1, -0.05) is 11.2 Å². The Morgan fingerprint density at radius 2 is 1.92 bits per heavy atom. The minimum absolute atomic E-state index is 0.0606. The van der Waals surface area contributed by atoms with E-state index in [1.165, 1.54) is 12.1 Å². The van der Waals surface area contributed by atoms with Crippen molar-refractivity contribution in [1.82, 2.24) is 15.0 Å². The second-order valence-corrected chi connectivity index (χ2v) is 10.0. The molecule has 1 aromatic heterocycles. The highest BCUT2D eigenvalue weighted by Gasteiger charge is 2.29. The number of carbonyl (C=O) groups excluding carboxylic acids is 1. The molecule has 0 saturated carbocycles. The summed E-state index contributed by atoms with van der Waals surface area (Å²) in [4.78, 5) is 17.4. The van der Waals surface area contributed by atoms with Gasteiger partial charge in [0.25, 0.3) is 0 Å². The van der Waals surface area contributed by atoms with Gasteiger partial charge in [0.05, 0.1) is 5.69 Å². The fraction of sp³-hybridized carbons (Fsp3) is 0.429. The van der Waals surface area contributed by atoms with Crippen LogP contribution in [0.15, 0.2) is 47.0 Å². The van der Waals surface area contributed by atoms with Crippen molar-refractivity contribution in [3.8, 4) is 11.5 Å². The van der Waals surface area contributed by atoms with E-state index in [1.807, 2.05) is 29.2 Å². The molecule has 0 N–H and O–H groups in total. The van der Waals surface area contributed by atoms with Crippen LogP contribution < -0.4 is 9.47 Å². The molecule has 3 aromatic rings. The summed E-state index contributed by atoms with van der Waals surface area (Å²) in [6.45, 7) is 4.84. The molecule has 4 heterocycles. The van der Waals surface area contributed by atoms with Crippen molar-refractivity contribution in [2.24, 2.45) is 5.92 Å². The Morgan fingerprint density at radius 1 is 1.06 bits per heavy atom. The summed E-state index contributed by atoms with van der Waals surface area (Å²) >= 11 is 0. The SMILES string of the molecule is O=C(C=Cc1ccc2c(c1)OCO2)N1CCC[C@@H](CN2CCC(c3noc4cc(F)ccc34)CC2)C1. The van der Waals surface area contributed by atoms with E-state index in [1.54, 1.807) is 12.1 Å². The first-order valence-electron chi connectivity index (χ1n) is 12.8. The van der Waals surface area contributed by atoms with Gasteiger partial charge in [0, 0.05) is 43.1 Å². The summed E-state index contributed by atoms with van der Waals surface area (Å²) in [5.74, 6) is 2.03. The third-order valence-corrected chi connectivity index (χ3v) is 7.60. The molecule has 0 spiro atoms. The molecule has 1 amide bonds. The fourth-order valence-corrected chi connectivity index (χ4v) is 5.68. The molecule has 6 rings (SSSR count). The average Bonchev–Trinajstić information content (AvgIpc) is 3.54. The number of hydrogen-bond donors (Lipinski definition) is 0. The maximum Gasteiger partial charge on any atom is 0.246 e. The fourth-order valence-electron chi connectivity index (χ4n) is 5.68. The van der Waals surface area contributed by atoms with Crippen molar-refractivity contribution in [2.45, 2.75) is 31.6 Å². The van der Waals surface area contributed by atoms with E-state index in [0.29, 0.717) is 17.4 Å². The average molecular weight is 492 g/mol. The number of likely N-dealkylation sites (tertiary alicyclic amines) is 2. The first-order chi connectivity index (χ1) is 17.6. The van der Waals surface area contributed by atoms with Gasteiger partial charge in [-0.05, 0) is 80.6 Å². The summed E-state index contributed by atoms with van der Waals surface area (Å²) in [5.41, 5.74) is 2.40. The molecule has 0 aliphatic carbocycles. The van der Waals surface area contributed by atoms with Gasteiger partial charge in [-0.15, -0.1) is 0 Å². The van der Waals surface area contributed by atoms with Crippen molar-refractivity contribution < 1.29 is 23.2 Å². The summed E-state index contributed by atoms with van der Waals surface area (Å²) in [6.07, 6.45) is 7.71. The van der Waals surface area contributed by atoms with Crippen molar-refractivity contribution in [3.05, 3.63) is 59.5 Å². The molecule has 188 valence electrons. The highest BCUT2D eigenvalue weighted by atomic mass is 19.1. The molecule has 2 saturated heterocycles. The molecule has 1 atom stereocenters. The molecule has 2 fully saturated rings. The Labute approximate surface area is 209 Å². The van der Waals surface area contributed by atoms with E-state index < -0.39 is 0 Å². The van der Waals surface area contributed by atoms with Crippen LogP contribution in [-0.2, 0) is 4.79 Å². The lowest BCUT2D eigenvalue weighted by atomic mass is 9.90. The number of fused-ring (bicyclic) bond motifs is 2. The van der Waals surface area contributed by atoms with Crippen LogP contribution in [0.3, 0.4) is 0 Å². The Balaban J connectivity index is 1.01. The second-order valence-electron chi connectivity index (χ2n) is 10.0. The van der Waals surface area contributed by atoms with Gasteiger partial charge in [0.1, 0.15) is 5.82 Å². The first kappa shape index (κ1) is 23.0. The van der Waals surface area contributed by atoms with Crippen LogP contribution in [0.2, 0.25) is 0 Å². The number of carbonyl (C=O) groups is 1. The number of rotatable bonds is 5. The Kier molecular flexibility index (Phi) is 6.35. The zero-order chi connectivity index (χ0) is 24.5. The molecule has 0 unspecified atom stereocenters. The highest BCUT2D eigenvalue weighted by Crippen LogP contribution is 2.34. The van der Waals surface area contributed by atoms with Gasteiger partial charge in [0.15, 0.2) is 17.1 Å². The molecule has 8 heteroatoms. The van der Waals surface area contributed by atoms with E-state index >= 15 is 0 Å². The van der Waals surface area contributed by atoms with Gasteiger partial charge >= 0.3 is 0 Å². The predicted octanol–water partition coefficient (Wildman–Crippen LogP) is 4.83. The molecule has 7 nitrogen and oxygen atoms in total. The lowest BCUT2D eigenvalue weighted by Crippen LogP contribution is -2.44. The van der Waals surface area contributed by atoms with Gasteiger partial charge in [-0.3, -0.25) is 4.79 Å². The highest BCUT2D eigenvalue weighted by molar-refractivity contribution is 5.92. The lowest BCUT2D eigenvalue weighted by Gasteiger charge is -2.37. The molecule has 0 bridgehead atoms. The van der Waals surface area contributed by atoms with Gasteiger partial charge < -0.3 is 23.8 Å². The number of aromatic nitrogens is 1. The Morgan fingerprint density at radius 3 is 2.81 bits per heavy atom. The number of piperidine rings is 2. The molecular weight excluding hydrogens is 461 g/mol. The van der Waals surface area contributed by atoms with Crippen molar-refractivity contribution >= 4 is 23.0 Å². The molecule has 3 aliphatic rings. The summed E-state index contributed by atoms with van der Waals surface area (Å²) in [6, 6.07) is 10.4. The third-order valence-electron chi connectivity index (χ3n) is 7.60. The predicted molar refractivity (Wildman–Crippen MR) is 133 cm³/mol. The van der Waals surface area contributed by atoms with E-state index in [0.717, 1.165) is 86.5 Å². The third kappa shape index (κ3) is 4.82. The van der Waals surface area contributed by atoms with Gasteiger partial charge in [-0.25, -0.2) is 4.39 Å². The summed E-state index contributed by atoms with van der Waals surface area (Å²) in [5, 5.41) is 5.18. The Hall–Kier alpha value is -3.39. The summed E-state index contributed by atoms with van der Waals surface area (Å²) < 4.78 is 29.6. The number of hydrogen-bond acceptors (Lipinski definition) is 6. The summed E-state index contributed by atoms with van der Waals surface area (Å²) in [7, 11) is 0. The van der Waals surface area contributed by atoms with Crippen molar-refractivity contribution in [2.75, 3.05) is 39.5 Å². The second kappa shape index (κ2) is 9.93. The lowest BCUT2D eigenvalue weighted by molar-refractivity contribution is -0.127. The molecule has 0 radical (unpaired) electrons. The number of ether oxygens (including phenoxy) is 2. The number of halogens is 1. The maximum absolute atomic E-state index is 13.5. The van der Waals surface area contributed by atoms with Crippen LogP contribution >= 0.6 is 0 Å². The number of benzene rings is 2. The number of amides is 1. The number of nitrogens with zero attached hydrogens (tertiary/aromatic N) is 3. The molecule has 36 heavy (non-hydrogen) atoms. The minimum Gasteiger partial charge on any atom is -0.454 e. The first-order valence-corrected chi connectivity index (χ1v) is 12.8. The van der Waals surface area contributed by atoms with Crippen LogP contribution in [0.5, 0.6) is 11.5 Å². The van der Waals surface area contributed by atoms with Crippen LogP contribution in [0, 0.1) is 11.7 Å². The van der Waals surface area contributed by atoms with Crippen LogP contribution in [0.1, 0.15) is 42.9 Å². The molecular formula is C28H30FN3O4. The standard InChI is InChI=1S/C28H30FN3O4/c29-22-5-6-23-25(15-22)36-30-28(23)21-9-12-31(13-10-21)16-20-2-1-11-32(17-20)27(33)8-4-19-3-7-24-26(14-19)35-18-34-24/h3-8,14-15,20-21H,1-2,9-13,16-18H2/t20-/m0/s1. The minimum atomic E-state index is -0.302. The topological polar surface area (TPSA) is 68.0 Å². The normalized spacial score (nSPS) is 21.0. The van der Waals surface area contributed by atoms with E-state index in [-0.39, 0.29) is 18.5 Å². The van der Waals surface area contributed by atoms with Gasteiger partial charge in [0.2, 0.25) is 12.7 Å². The van der Waals surface area contributed by atoms with E-state index in [2.05, 4.69) is 10.1 Å². The quantitative estimate of drug-likeness (QED) is 0.477. The monoisotopic (exact) mass is 491 g/mol. The zero-order valence-corrected chi connectivity index (χ0v) is 20.2. The Bertz CT molecular complexity index is 1280. The smallest absolute Gasteiger partial charge is 0.246 e. The molecule has 3 aliphatic heterocycles. The van der Waals surface area contributed by atoms with Crippen LogP contribution in [0.4, 0.5) is 4.39 Å². The van der Waals surface area contributed by atoms with Crippen LogP contribution in [0.25, 0.3) is 17.0 Å². The maximum atomic E-state index is 13.5. The van der Waals surface area contributed by atoms with Crippen molar-refractivity contribution in [3.63, 3.8) is 0 Å². The van der Waals surface area contributed by atoms with Gasteiger partial charge in [-0.2, -0.15) is 0 Å². The largest absolute Gasteiger partial charge is 0.454 e. The van der Waals surface area contributed by atoms with E-state index in [4.69, 9.17) is 14.0 Å². The van der Waals surface area contributed by atoms with Crippen molar-refractivity contribution in [1.29, 1.82) is 0 Å². The zero-order valence-electron chi connectivity index (χ0n) is 20.2.